The van der Waals surface area contributed by atoms with Crippen LogP contribution in [0.5, 0.6) is 0 Å². The normalized spacial score (nSPS) is 20.7. The van der Waals surface area contributed by atoms with Crippen molar-refractivity contribution in [1.82, 2.24) is 4.90 Å². The van der Waals surface area contributed by atoms with E-state index in [2.05, 4.69) is 4.40 Å². The molecule has 3 aromatic carbocycles. The number of para-hydroxylation sites is 1. The van der Waals surface area contributed by atoms with E-state index in [1.165, 1.54) is 29.7 Å². The lowest BCUT2D eigenvalue weighted by atomic mass is 9.88. The molecule has 0 N–H and O–H groups in total. The number of nitro groups is 1. The smallest absolute Gasteiger partial charge is 0.319 e. The second-order valence-electron chi connectivity index (χ2n) is 9.56. The van der Waals surface area contributed by atoms with Gasteiger partial charge in [0.25, 0.3) is 11.6 Å². The Morgan fingerprint density at radius 3 is 2.29 bits per heavy atom. The molecule has 1 amide bonds. The molecule has 3 aromatic rings. The van der Waals surface area contributed by atoms with Crippen LogP contribution >= 0.6 is 23.7 Å². The quantitative estimate of drug-likeness (QED) is 0.113. The summed E-state index contributed by atoms with van der Waals surface area (Å²) in [5.74, 6) is -1.32. The van der Waals surface area contributed by atoms with Crippen molar-refractivity contribution >= 4 is 53.0 Å². The van der Waals surface area contributed by atoms with E-state index in [-0.39, 0.29) is 30.3 Å². The van der Waals surface area contributed by atoms with Crippen molar-refractivity contribution in [2.45, 2.75) is 23.3 Å². The van der Waals surface area contributed by atoms with Gasteiger partial charge in [-0.1, -0.05) is 72.8 Å². The molecule has 0 saturated carbocycles. The zero-order valence-electron chi connectivity index (χ0n) is 21.9. The Morgan fingerprint density at radius 1 is 1.07 bits per heavy atom. The van der Waals surface area contributed by atoms with E-state index < -0.39 is 39.7 Å². The first kappa shape index (κ1) is 28.4. The summed E-state index contributed by atoms with van der Waals surface area (Å²) in [4.78, 5) is 51.4. The maximum absolute atomic E-state index is 13.9. The lowest BCUT2D eigenvalue weighted by molar-refractivity contribution is -0.387. The molecule has 12 heteroatoms. The van der Waals surface area contributed by atoms with Gasteiger partial charge in [0, 0.05) is 37.2 Å². The number of ether oxygens (including phenoxy) is 2. The number of nitrogens with zero attached hydrogens (tertiary/aromatic N) is 3. The third-order valence-corrected chi connectivity index (χ3v) is 9.05. The fourth-order valence-corrected chi connectivity index (χ4v) is 6.82. The highest BCUT2D eigenvalue weighted by molar-refractivity contribution is 8.01. The number of carbonyl (C=O) groups excluding carboxylic acids is 3. The highest BCUT2D eigenvalue weighted by Gasteiger charge is 2.57. The Bertz CT molecular complexity index is 1460. The summed E-state index contributed by atoms with van der Waals surface area (Å²) in [5, 5.41) is 10.9. The van der Waals surface area contributed by atoms with Crippen LogP contribution in [0.1, 0.15) is 24.2 Å². The summed E-state index contributed by atoms with van der Waals surface area (Å²) in [6.07, 6.45) is -0.705. The Balaban J connectivity index is 1.37. The van der Waals surface area contributed by atoms with Crippen molar-refractivity contribution in [3.05, 3.63) is 106 Å². The van der Waals surface area contributed by atoms with E-state index in [1.807, 2.05) is 60.7 Å². The molecule has 2 saturated heterocycles. The van der Waals surface area contributed by atoms with E-state index in [4.69, 9.17) is 9.47 Å². The van der Waals surface area contributed by atoms with Crippen LogP contribution in [0.2, 0.25) is 0 Å². The lowest BCUT2D eigenvalue weighted by Gasteiger charge is -2.50. The molecule has 2 aliphatic heterocycles. The number of β-lactam (4-membered cyclic amide) rings is 1. The molecule has 10 nitrogen and oxygen atoms in total. The fourth-order valence-electron chi connectivity index (χ4n) is 4.57. The van der Waals surface area contributed by atoms with Crippen LogP contribution < -0.4 is 0 Å². The summed E-state index contributed by atoms with van der Waals surface area (Å²) in [6.45, 7) is 0.980. The molecular formula is C29H25N3O7S2. The second-order valence-corrected chi connectivity index (χ2v) is 11.4. The molecule has 1 unspecified atom stereocenters. The summed E-state index contributed by atoms with van der Waals surface area (Å²) in [5.41, 5.74) is 0.395. The molecule has 0 bridgehead atoms. The van der Waals surface area contributed by atoms with Crippen molar-refractivity contribution in [3.8, 4) is 0 Å². The lowest BCUT2D eigenvalue weighted by Crippen LogP contribution is -2.68. The Morgan fingerprint density at radius 2 is 1.68 bits per heavy atom. The number of benzene rings is 3. The monoisotopic (exact) mass is 591 g/mol. The van der Waals surface area contributed by atoms with Gasteiger partial charge in [0.2, 0.25) is 0 Å². The highest BCUT2D eigenvalue weighted by Crippen LogP contribution is 2.44. The number of hydrogen-bond acceptors (Lipinski definition) is 10. The Hall–Kier alpha value is -4.16. The average molecular weight is 592 g/mol. The van der Waals surface area contributed by atoms with Crippen LogP contribution in [0.25, 0.3) is 0 Å². The zero-order chi connectivity index (χ0) is 29.0. The Kier molecular flexibility index (Phi) is 8.41. The van der Waals surface area contributed by atoms with Gasteiger partial charge in [0.15, 0.2) is 6.10 Å². The number of esters is 2. The van der Waals surface area contributed by atoms with Crippen LogP contribution in [0.3, 0.4) is 0 Å². The number of amides is 1. The third-order valence-electron chi connectivity index (χ3n) is 6.71. The van der Waals surface area contributed by atoms with E-state index in [0.29, 0.717) is 4.90 Å². The topological polar surface area (TPSA) is 128 Å². The molecule has 41 heavy (non-hydrogen) atoms. The zero-order valence-corrected chi connectivity index (χ0v) is 23.5. The molecule has 0 aliphatic carbocycles. The number of fused-ring (bicyclic) bond motifs is 1. The molecule has 0 spiro atoms. The van der Waals surface area contributed by atoms with Gasteiger partial charge in [0.05, 0.1) is 4.92 Å². The molecule has 210 valence electrons. The Labute approximate surface area is 244 Å². The van der Waals surface area contributed by atoms with Gasteiger partial charge >= 0.3 is 11.9 Å². The molecule has 2 aliphatic rings. The highest BCUT2D eigenvalue weighted by atomic mass is 32.2. The standard InChI is InChI=1S/C29H25N3O7S2/c1-19(33)38-17-29(28(35)39-25(20-10-4-2-5-11-20)21-12-6-3-7-13-21)16-31-26(34)24(27(31)40-18-29)30-41-23-15-9-8-14-22(23)32(36)37/h2-15,25,27H,16-18H2,1H3/t27-,29?/m1/s1. The van der Waals surface area contributed by atoms with Gasteiger partial charge in [-0.25, -0.2) is 4.40 Å². The minimum atomic E-state index is -1.30. The van der Waals surface area contributed by atoms with E-state index >= 15 is 0 Å². The predicted octanol–water partition coefficient (Wildman–Crippen LogP) is 4.84. The maximum atomic E-state index is 13.9. The van der Waals surface area contributed by atoms with Crippen LogP contribution in [-0.4, -0.2) is 57.7 Å². The van der Waals surface area contributed by atoms with Crippen molar-refractivity contribution in [2.24, 2.45) is 9.81 Å². The number of thioether (sulfide) groups is 1. The van der Waals surface area contributed by atoms with Crippen LogP contribution in [0.4, 0.5) is 5.69 Å². The largest absolute Gasteiger partial charge is 0.465 e. The van der Waals surface area contributed by atoms with Crippen molar-refractivity contribution in [1.29, 1.82) is 0 Å². The van der Waals surface area contributed by atoms with Gasteiger partial charge in [-0.05, 0) is 17.2 Å². The van der Waals surface area contributed by atoms with E-state index in [1.54, 1.807) is 18.2 Å². The van der Waals surface area contributed by atoms with Crippen molar-refractivity contribution in [3.63, 3.8) is 0 Å². The minimum Gasteiger partial charge on any atom is -0.465 e. The first-order valence-electron chi connectivity index (χ1n) is 12.6. The molecule has 0 radical (unpaired) electrons. The van der Waals surface area contributed by atoms with Gasteiger partial charge in [-0.15, -0.1) is 11.8 Å². The number of nitro benzene ring substituents is 1. The van der Waals surface area contributed by atoms with Gasteiger partial charge in [-0.3, -0.25) is 24.5 Å². The van der Waals surface area contributed by atoms with Crippen molar-refractivity contribution in [2.75, 3.05) is 18.9 Å². The van der Waals surface area contributed by atoms with Crippen LogP contribution in [0.15, 0.2) is 94.2 Å². The predicted molar refractivity (Wildman–Crippen MR) is 154 cm³/mol. The summed E-state index contributed by atoms with van der Waals surface area (Å²) in [7, 11) is 0. The van der Waals surface area contributed by atoms with Gasteiger partial charge in [-0.2, -0.15) is 0 Å². The number of rotatable bonds is 9. The molecule has 0 aromatic heterocycles. The van der Waals surface area contributed by atoms with E-state index in [0.717, 1.165) is 23.1 Å². The molecule has 2 fully saturated rings. The number of hydrogen-bond donors (Lipinski definition) is 0. The second kappa shape index (κ2) is 12.1. The summed E-state index contributed by atoms with van der Waals surface area (Å²) in [6, 6.07) is 24.8. The molecule has 2 atom stereocenters. The molecule has 2 heterocycles. The SMILES string of the molecule is CC(=O)OCC1(C(=O)OC(c2ccccc2)c2ccccc2)CS[C@@H]2C(=NSc3ccccc3[N+](=O)[O-])C(=O)N2C1. The minimum absolute atomic E-state index is 0.0267. The molecule has 5 rings (SSSR count). The van der Waals surface area contributed by atoms with Gasteiger partial charge in [0.1, 0.15) is 28.0 Å². The van der Waals surface area contributed by atoms with E-state index in [9.17, 15) is 24.5 Å². The van der Waals surface area contributed by atoms with Crippen LogP contribution in [0, 0.1) is 15.5 Å². The summed E-state index contributed by atoms with van der Waals surface area (Å²) < 4.78 is 15.8. The van der Waals surface area contributed by atoms with Crippen LogP contribution in [-0.2, 0) is 23.9 Å². The average Bonchev–Trinajstić information content (AvgIpc) is 2.99. The summed E-state index contributed by atoms with van der Waals surface area (Å²) >= 11 is 2.18. The number of carbonyl (C=O) groups is 3. The molecular weight excluding hydrogens is 566 g/mol. The fraction of sp³-hybridized carbons (Fsp3) is 0.241. The first-order valence-corrected chi connectivity index (χ1v) is 14.5. The van der Waals surface area contributed by atoms with Gasteiger partial charge < -0.3 is 14.4 Å². The first-order chi connectivity index (χ1) is 19.8. The maximum Gasteiger partial charge on any atom is 0.319 e. The van der Waals surface area contributed by atoms with Crippen molar-refractivity contribution < 1.29 is 28.8 Å². The third kappa shape index (κ3) is 5.98.